The molecule has 0 spiro atoms. The van der Waals surface area contributed by atoms with Crippen LogP contribution in [0, 0.1) is 0 Å². The van der Waals surface area contributed by atoms with Crippen LogP contribution in [0.2, 0.25) is 5.02 Å². The predicted molar refractivity (Wildman–Crippen MR) is 87.0 cm³/mol. The number of hydrogen-bond acceptors (Lipinski definition) is 2. The number of hydrogen-bond donors (Lipinski definition) is 1. The van der Waals surface area contributed by atoms with Crippen LogP contribution >= 0.6 is 27.5 Å². The molecule has 3 nitrogen and oxygen atoms in total. The van der Waals surface area contributed by atoms with E-state index >= 15 is 0 Å². The minimum absolute atomic E-state index is 0.645. The Morgan fingerprint density at radius 3 is 2.62 bits per heavy atom. The maximum absolute atomic E-state index is 11.8. The van der Waals surface area contributed by atoms with E-state index in [4.69, 9.17) is 11.6 Å². The molecule has 1 unspecified atom stereocenters. The van der Waals surface area contributed by atoms with Crippen LogP contribution in [0.15, 0.2) is 46.9 Å². The van der Waals surface area contributed by atoms with Crippen molar-refractivity contribution >= 4 is 39.2 Å². The zero-order valence-electron chi connectivity index (χ0n) is 11.1. The number of benzene rings is 2. The van der Waals surface area contributed by atoms with Gasteiger partial charge in [0.1, 0.15) is 0 Å². The van der Waals surface area contributed by atoms with Crippen molar-refractivity contribution in [1.29, 1.82) is 0 Å². The van der Waals surface area contributed by atoms with Crippen LogP contribution < -0.4 is 4.90 Å². The standard InChI is InChI=1S/C16H13BrClNO2/c17-11-1-6-14-10(9-11)7-8-19(15(14)16(20)21)13-4-2-12(18)3-5-13/h1-6,9,15H,7-8H2,(H,20,21). The Bertz CT molecular complexity index is 687. The lowest BCUT2D eigenvalue weighted by Gasteiger charge is -2.36. The number of rotatable bonds is 2. The molecule has 108 valence electrons. The van der Waals surface area contributed by atoms with E-state index in [2.05, 4.69) is 15.9 Å². The highest BCUT2D eigenvalue weighted by Crippen LogP contribution is 2.35. The summed E-state index contributed by atoms with van der Waals surface area (Å²) in [4.78, 5) is 13.7. The van der Waals surface area contributed by atoms with Crippen molar-refractivity contribution in [3.63, 3.8) is 0 Å². The van der Waals surface area contributed by atoms with Crippen molar-refractivity contribution in [3.05, 3.63) is 63.1 Å². The molecular formula is C16H13BrClNO2. The summed E-state index contributed by atoms with van der Waals surface area (Å²) in [6.07, 6.45) is 0.821. The van der Waals surface area contributed by atoms with E-state index in [-0.39, 0.29) is 0 Å². The quantitative estimate of drug-likeness (QED) is 0.862. The Labute approximate surface area is 136 Å². The van der Waals surface area contributed by atoms with Crippen LogP contribution in [0.4, 0.5) is 5.69 Å². The van der Waals surface area contributed by atoms with Crippen molar-refractivity contribution in [2.24, 2.45) is 0 Å². The van der Waals surface area contributed by atoms with Gasteiger partial charge in [0, 0.05) is 21.7 Å². The fraction of sp³-hybridized carbons (Fsp3) is 0.188. The first kappa shape index (κ1) is 14.4. The lowest BCUT2D eigenvalue weighted by atomic mass is 9.92. The SMILES string of the molecule is O=C(O)C1c2ccc(Br)cc2CCN1c1ccc(Cl)cc1. The van der Waals surface area contributed by atoms with E-state index in [0.717, 1.165) is 27.7 Å². The third-order valence-electron chi connectivity index (χ3n) is 3.73. The molecule has 1 aliphatic heterocycles. The summed E-state index contributed by atoms with van der Waals surface area (Å²) >= 11 is 9.35. The first-order valence-electron chi connectivity index (χ1n) is 6.59. The summed E-state index contributed by atoms with van der Waals surface area (Å²) in [5.41, 5.74) is 2.81. The molecule has 3 rings (SSSR count). The molecule has 1 atom stereocenters. The normalized spacial score (nSPS) is 17.4. The Morgan fingerprint density at radius 2 is 1.95 bits per heavy atom. The number of halogens is 2. The molecule has 0 aromatic heterocycles. The van der Waals surface area contributed by atoms with Gasteiger partial charge in [0.05, 0.1) is 0 Å². The highest BCUT2D eigenvalue weighted by Gasteiger charge is 2.33. The predicted octanol–water partition coefficient (Wildman–Crippen LogP) is 4.29. The van der Waals surface area contributed by atoms with Gasteiger partial charge in [0.15, 0.2) is 6.04 Å². The second-order valence-corrected chi connectivity index (χ2v) is 6.36. The largest absolute Gasteiger partial charge is 0.479 e. The molecule has 0 fully saturated rings. The minimum atomic E-state index is -0.840. The Morgan fingerprint density at radius 1 is 1.24 bits per heavy atom. The van der Waals surface area contributed by atoms with Crippen LogP contribution in [0.3, 0.4) is 0 Å². The molecule has 2 aromatic rings. The number of anilines is 1. The highest BCUT2D eigenvalue weighted by atomic mass is 79.9. The van der Waals surface area contributed by atoms with Gasteiger partial charge in [-0.15, -0.1) is 0 Å². The molecule has 0 radical (unpaired) electrons. The third kappa shape index (κ3) is 2.78. The van der Waals surface area contributed by atoms with Crippen molar-refractivity contribution in [2.45, 2.75) is 12.5 Å². The van der Waals surface area contributed by atoms with Gasteiger partial charge < -0.3 is 10.0 Å². The number of carboxylic acid groups (broad SMARTS) is 1. The van der Waals surface area contributed by atoms with Gasteiger partial charge in [-0.25, -0.2) is 4.79 Å². The molecule has 0 aliphatic carbocycles. The van der Waals surface area contributed by atoms with E-state index in [0.29, 0.717) is 11.6 Å². The van der Waals surface area contributed by atoms with Crippen molar-refractivity contribution in [2.75, 3.05) is 11.4 Å². The number of aliphatic carboxylic acids is 1. The van der Waals surface area contributed by atoms with Crippen molar-refractivity contribution in [1.82, 2.24) is 0 Å². The summed E-state index contributed by atoms with van der Waals surface area (Å²) in [6.45, 7) is 0.669. The smallest absolute Gasteiger partial charge is 0.331 e. The molecule has 0 amide bonds. The van der Waals surface area contributed by atoms with Crippen LogP contribution in [0.1, 0.15) is 17.2 Å². The molecule has 1 N–H and O–H groups in total. The van der Waals surface area contributed by atoms with E-state index in [1.165, 1.54) is 0 Å². The van der Waals surface area contributed by atoms with Crippen molar-refractivity contribution < 1.29 is 9.90 Å². The van der Waals surface area contributed by atoms with Crippen LogP contribution in [-0.4, -0.2) is 17.6 Å². The average Bonchev–Trinajstić information content (AvgIpc) is 2.46. The molecule has 1 heterocycles. The first-order valence-corrected chi connectivity index (χ1v) is 7.76. The molecular weight excluding hydrogens is 354 g/mol. The van der Waals surface area contributed by atoms with Crippen molar-refractivity contribution in [3.8, 4) is 0 Å². The number of nitrogens with zero attached hydrogens (tertiary/aromatic N) is 1. The first-order chi connectivity index (χ1) is 10.1. The molecule has 0 saturated carbocycles. The maximum atomic E-state index is 11.8. The molecule has 5 heteroatoms. The number of fused-ring (bicyclic) bond motifs is 1. The summed E-state index contributed by atoms with van der Waals surface area (Å²) in [5, 5.41) is 10.3. The van der Waals surface area contributed by atoms with Gasteiger partial charge in [-0.2, -0.15) is 0 Å². The highest BCUT2D eigenvalue weighted by molar-refractivity contribution is 9.10. The Kier molecular flexibility index (Phi) is 3.91. The maximum Gasteiger partial charge on any atom is 0.331 e. The average molecular weight is 367 g/mol. The molecule has 0 saturated heterocycles. The van der Waals surface area contributed by atoms with E-state index in [1.54, 1.807) is 12.1 Å². The lowest BCUT2D eigenvalue weighted by Crippen LogP contribution is -2.39. The summed E-state index contributed by atoms with van der Waals surface area (Å²) in [6, 6.07) is 12.4. The summed E-state index contributed by atoms with van der Waals surface area (Å²) in [7, 11) is 0. The van der Waals surface area contributed by atoms with Crippen LogP contribution in [0.25, 0.3) is 0 Å². The van der Waals surface area contributed by atoms with E-state index in [1.807, 2.05) is 35.2 Å². The fourth-order valence-corrected chi connectivity index (χ4v) is 3.31. The van der Waals surface area contributed by atoms with E-state index < -0.39 is 12.0 Å². The summed E-state index contributed by atoms with van der Waals surface area (Å²) < 4.78 is 0.977. The van der Waals surface area contributed by atoms with Gasteiger partial charge in [-0.3, -0.25) is 0 Å². The minimum Gasteiger partial charge on any atom is -0.479 e. The molecule has 0 bridgehead atoms. The van der Waals surface area contributed by atoms with Gasteiger partial charge in [0.25, 0.3) is 0 Å². The number of carbonyl (C=O) groups is 1. The molecule has 2 aromatic carbocycles. The van der Waals surface area contributed by atoms with Gasteiger partial charge in [-0.05, 0) is 53.9 Å². The third-order valence-corrected chi connectivity index (χ3v) is 4.47. The monoisotopic (exact) mass is 365 g/mol. The van der Waals surface area contributed by atoms with E-state index in [9.17, 15) is 9.90 Å². The topological polar surface area (TPSA) is 40.5 Å². The lowest BCUT2D eigenvalue weighted by molar-refractivity contribution is -0.138. The Balaban J connectivity index is 2.05. The number of carboxylic acids is 1. The van der Waals surface area contributed by atoms with Gasteiger partial charge in [-0.1, -0.05) is 33.6 Å². The van der Waals surface area contributed by atoms with Gasteiger partial charge in [0.2, 0.25) is 0 Å². The molecule has 21 heavy (non-hydrogen) atoms. The second-order valence-electron chi connectivity index (χ2n) is 5.00. The fourth-order valence-electron chi connectivity index (χ4n) is 2.77. The second kappa shape index (κ2) is 5.70. The van der Waals surface area contributed by atoms with Crippen LogP contribution in [0.5, 0.6) is 0 Å². The molecule has 1 aliphatic rings. The zero-order valence-corrected chi connectivity index (χ0v) is 13.4. The van der Waals surface area contributed by atoms with Crippen LogP contribution in [-0.2, 0) is 11.2 Å². The summed E-state index contributed by atoms with van der Waals surface area (Å²) in [5.74, 6) is -0.840. The Hall–Kier alpha value is -1.52. The van der Waals surface area contributed by atoms with Gasteiger partial charge >= 0.3 is 5.97 Å². The zero-order chi connectivity index (χ0) is 15.0.